The molecule has 0 bridgehead atoms. The van der Waals surface area contributed by atoms with Crippen LogP contribution in [0.2, 0.25) is 0 Å². The summed E-state index contributed by atoms with van der Waals surface area (Å²) in [5.41, 5.74) is 6.97. The highest BCUT2D eigenvalue weighted by molar-refractivity contribution is 5.82. The first kappa shape index (κ1) is 14.8. The Morgan fingerprint density at radius 2 is 1.86 bits per heavy atom. The number of rotatable bonds is 4. The Hall–Kier alpha value is -2.10. The number of nitrogens with zero attached hydrogens (tertiary/aromatic N) is 4. The van der Waals surface area contributed by atoms with E-state index in [-0.39, 0.29) is 0 Å². The largest absolute Gasteiger partial charge is 0.324 e. The molecule has 0 aliphatic heterocycles. The molecule has 0 atom stereocenters. The van der Waals surface area contributed by atoms with Gasteiger partial charge in [0.1, 0.15) is 5.82 Å². The summed E-state index contributed by atoms with van der Waals surface area (Å²) in [6.07, 6.45) is 1.09. The molecule has 0 aliphatic carbocycles. The van der Waals surface area contributed by atoms with E-state index < -0.39 is 0 Å². The molecule has 22 heavy (non-hydrogen) atoms. The molecule has 0 aliphatic rings. The molecule has 3 aromatic rings. The van der Waals surface area contributed by atoms with Crippen LogP contribution in [0.1, 0.15) is 37.2 Å². The van der Waals surface area contributed by atoms with Gasteiger partial charge in [0.2, 0.25) is 0 Å². The Labute approximate surface area is 131 Å². The minimum atomic E-state index is 0.909. The van der Waals surface area contributed by atoms with Gasteiger partial charge in [-0.3, -0.25) is 4.68 Å². The number of aryl methyl sites for hydroxylation is 4. The van der Waals surface area contributed by atoms with Gasteiger partial charge in [-0.05, 0) is 51.8 Å². The van der Waals surface area contributed by atoms with Crippen molar-refractivity contribution in [3.63, 3.8) is 0 Å². The monoisotopic (exact) mass is 296 g/mol. The quantitative estimate of drug-likeness (QED) is 0.721. The van der Waals surface area contributed by atoms with E-state index in [2.05, 4.69) is 62.1 Å². The molecule has 4 heteroatoms. The van der Waals surface area contributed by atoms with E-state index in [1.807, 2.05) is 0 Å². The lowest BCUT2D eigenvalue weighted by molar-refractivity contribution is 0.583. The third kappa shape index (κ3) is 2.23. The first-order valence-corrected chi connectivity index (χ1v) is 8.08. The zero-order valence-electron chi connectivity index (χ0n) is 14.1. The van der Waals surface area contributed by atoms with Gasteiger partial charge < -0.3 is 4.57 Å². The van der Waals surface area contributed by atoms with E-state index in [1.54, 1.807) is 0 Å². The normalized spacial score (nSPS) is 11.5. The molecule has 0 amide bonds. The molecule has 4 nitrogen and oxygen atoms in total. The maximum absolute atomic E-state index is 4.92. The molecule has 1 aromatic carbocycles. The molecular formula is C18H24N4. The maximum Gasteiger partial charge on any atom is 0.144 e. The van der Waals surface area contributed by atoms with Crippen molar-refractivity contribution in [3.8, 4) is 11.4 Å². The Morgan fingerprint density at radius 3 is 2.55 bits per heavy atom. The van der Waals surface area contributed by atoms with Crippen molar-refractivity contribution in [1.29, 1.82) is 0 Å². The van der Waals surface area contributed by atoms with Crippen molar-refractivity contribution in [2.75, 3.05) is 0 Å². The summed E-state index contributed by atoms with van der Waals surface area (Å²) in [5.74, 6) is 1.04. The lowest BCUT2D eigenvalue weighted by Crippen LogP contribution is -2.02. The molecule has 2 aromatic heterocycles. The standard InChI is InChI=1S/C18H24N4/c1-6-10-22-14(5)17(13(4)20-22)18-19-15-11-12(3)8-9-16(15)21(18)7-2/h8-9,11H,6-7,10H2,1-5H3. The van der Waals surface area contributed by atoms with Crippen LogP contribution in [0.25, 0.3) is 22.4 Å². The number of fused-ring (bicyclic) bond motifs is 1. The van der Waals surface area contributed by atoms with Gasteiger partial charge in [0.05, 0.1) is 22.3 Å². The Balaban J connectivity index is 2.26. The number of benzene rings is 1. The molecule has 0 saturated carbocycles. The minimum absolute atomic E-state index is 0.909. The zero-order chi connectivity index (χ0) is 15.9. The lowest BCUT2D eigenvalue weighted by Gasteiger charge is -2.07. The predicted octanol–water partition coefficient (Wildman–Crippen LogP) is 4.25. The van der Waals surface area contributed by atoms with Crippen LogP contribution < -0.4 is 0 Å². The van der Waals surface area contributed by atoms with E-state index in [4.69, 9.17) is 10.1 Å². The first-order valence-electron chi connectivity index (χ1n) is 8.08. The predicted molar refractivity (Wildman–Crippen MR) is 91.1 cm³/mol. The van der Waals surface area contributed by atoms with Gasteiger partial charge in [-0.15, -0.1) is 0 Å². The average Bonchev–Trinajstić information content (AvgIpc) is 2.96. The van der Waals surface area contributed by atoms with Crippen molar-refractivity contribution in [2.24, 2.45) is 0 Å². The summed E-state index contributed by atoms with van der Waals surface area (Å²) in [6.45, 7) is 12.6. The van der Waals surface area contributed by atoms with Crippen molar-refractivity contribution < 1.29 is 0 Å². The second kappa shape index (κ2) is 5.59. The third-order valence-electron chi connectivity index (χ3n) is 4.26. The van der Waals surface area contributed by atoms with Crippen LogP contribution in [-0.2, 0) is 13.1 Å². The van der Waals surface area contributed by atoms with E-state index in [0.29, 0.717) is 0 Å². The summed E-state index contributed by atoms with van der Waals surface area (Å²) < 4.78 is 4.40. The molecule has 2 heterocycles. The van der Waals surface area contributed by atoms with Crippen LogP contribution in [0.3, 0.4) is 0 Å². The van der Waals surface area contributed by atoms with Crippen molar-refractivity contribution in [1.82, 2.24) is 19.3 Å². The number of imidazole rings is 1. The van der Waals surface area contributed by atoms with Crippen LogP contribution in [0.5, 0.6) is 0 Å². The van der Waals surface area contributed by atoms with E-state index in [1.165, 1.54) is 22.3 Å². The lowest BCUT2D eigenvalue weighted by atomic mass is 10.2. The summed E-state index contributed by atoms with van der Waals surface area (Å²) >= 11 is 0. The second-order valence-electron chi connectivity index (χ2n) is 5.94. The molecule has 0 unspecified atom stereocenters. The zero-order valence-corrected chi connectivity index (χ0v) is 14.1. The first-order chi connectivity index (χ1) is 10.6. The fourth-order valence-corrected chi connectivity index (χ4v) is 3.20. The molecule has 116 valence electrons. The second-order valence-corrected chi connectivity index (χ2v) is 5.94. The highest BCUT2D eigenvalue weighted by atomic mass is 15.3. The van der Waals surface area contributed by atoms with E-state index in [9.17, 15) is 0 Å². The molecule has 0 spiro atoms. The number of aromatic nitrogens is 4. The van der Waals surface area contributed by atoms with Gasteiger partial charge in [0.15, 0.2) is 0 Å². The van der Waals surface area contributed by atoms with Gasteiger partial charge >= 0.3 is 0 Å². The number of hydrogen-bond donors (Lipinski definition) is 0. The van der Waals surface area contributed by atoms with Gasteiger partial charge in [0.25, 0.3) is 0 Å². The summed E-state index contributed by atoms with van der Waals surface area (Å²) in [7, 11) is 0. The Kier molecular flexibility index (Phi) is 3.77. The average molecular weight is 296 g/mol. The third-order valence-corrected chi connectivity index (χ3v) is 4.26. The van der Waals surface area contributed by atoms with Gasteiger partial charge in [-0.2, -0.15) is 5.10 Å². The summed E-state index contributed by atoms with van der Waals surface area (Å²) in [4.78, 5) is 4.92. The maximum atomic E-state index is 4.92. The van der Waals surface area contributed by atoms with Crippen LogP contribution >= 0.6 is 0 Å². The summed E-state index contributed by atoms with van der Waals surface area (Å²) in [5, 5.41) is 4.70. The summed E-state index contributed by atoms with van der Waals surface area (Å²) in [6, 6.07) is 6.48. The van der Waals surface area contributed by atoms with E-state index >= 15 is 0 Å². The topological polar surface area (TPSA) is 35.6 Å². The highest BCUT2D eigenvalue weighted by Gasteiger charge is 2.19. The molecule has 0 fully saturated rings. The fourth-order valence-electron chi connectivity index (χ4n) is 3.20. The van der Waals surface area contributed by atoms with Crippen LogP contribution in [0.15, 0.2) is 18.2 Å². The molecular weight excluding hydrogens is 272 g/mol. The van der Waals surface area contributed by atoms with Gasteiger partial charge in [-0.25, -0.2) is 4.98 Å². The van der Waals surface area contributed by atoms with Crippen molar-refractivity contribution in [3.05, 3.63) is 35.2 Å². The molecule has 0 N–H and O–H groups in total. The smallest absolute Gasteiger partial charge is 0.144 e. The van der Waals surface area contributed by atoms with Crippen LogP contribution in [0.4, 0.5) is 0 Å². The van der Waals surface area contributed by atoms with Crippen molar-refractivity contribution in [2.45, 2.75) is 54.1 Å². The van der Waals surface area contributed by atoms with E-state index in [0.717, 1.165) is 36.5 Å². The molecule has 0 radical (unpaired) electrons. The highest BCUT2D eigenvalue weighted by Crippen LogP contribution is 2.30. The fraction of sp³-hybridized carbons (Fsp3) is 0.444. The molecule has 3 rings (SSSR count). The van der Waals surface area contributed by atoms with Gasteiger partial charge in [0, 0.05) is 18.8 Å². The Morgan fingerprint density at radius 1 is 1.09 bits per heavy atom. The number of hydrogen-bond acceptors (Lipinski definition) is 2. The SMILES string of the molecule is CCCn1nc(C)c(-c2nc3cc(C)ccc3n2CC)c1C. The van der Waals surface area contributed by atoms with Crippen LogP contribution in [0, 0.1) is 20.8 Å². The molecule has 0 saturated heterocycles. The minimum Gasteiger partial charge on any atom is -0.324 e. The van der Waals surface area contributed by atoms with Gasteiger partial charge in [-0.1, -0.05) is 13.0 Å². The Bertz CT molecular complexity index is 823. The van der Waals surface area contributed by atoms with Crippen molar-refractivity contribution >= 4 is 11.0 Å². The van der Waals surface area contributed by atoms with Crippen LogP contribution in [-0.4, -0.2) is 19.3 Å².